The second-order valence-corrected chi connectivity index (χ2v) is 4.46. The van der Waals surface area contributed by atoms with E-state index in [9.17, 15) is 4.79 Å². The predicted molar refractivity (Wildman–Crippen MR) is 96.0 cm³/mol. The van der Waals surface area contributed by atoms with E-state index in [0.29, 0.717) is 6.42 Å². The fourth-order valence-electron chi connectivity index (χ4n) is 1.94. The summed E-state index contributed by atoms with van der Waals surface area (Å²) in [6.45, 7) is 14.2. The molecule has 0 heterocycles. The molecule has 1 N–H and O–H groups in total. The van der Waals surface area contributed by atoms with Crippen LogP contribution in [0, 0.1) is 6.92 Å². The van der Waals surface area contributed by atoms with Crippen molar-refractivity contribution < 1.29 is 4.79 Å². The van der Waals surface area contributed by atoms with Crippen LogP contribution in [0.3, 0.4) is 0 Å². The van der Waals surface area contributed by atoms with Crippen LogP contribution in [-0.2, 0) is 11.2 Å². The molecule has 1 aromatic rings. The second kappa shape index (κ2) is 15.1. The van der Waals surface area contributed by atoms with E-state index in [1.807, 2.05) is 46.8 Å². The molecule has 0 aliphatic rings. The standard InChI is InChI=1S/C15H23NO.2C2H6/c1-4-6-7-10-13-12(3)9-8-11-14(13)16-15(17)5-2;2*1-2/h8-9,11H,4-7,10H2,1-3H3,(H,16,17);2*1-2H3. The summed E-state index contributed by atoms with van der Waals surface area (Å²) in [5.74, 6) is 0.0901. The predicted octanol–water partition coefficient (Wildman–Crippen LogP) is 6.13. The van der Waals surface area contributed by atoms with Gasteiger partial charge in [-0.1, -0.05) is 66.5 Å². The number of amides is 1. The number of aryl methyl sites for hydroxylation is 1. The largest absolute Gasteiger partial charge is 0.326 e. The van der Waals surface area contributed by atoms with Gasteiger partial charge in [-0.3, -0.25) is 4.79 Å². The molecule has 1 aromatic carbocycles. The van der Waals surface area contributed by atoms with E-state index >= 15 is 0 Å². The molecule has 0 unspecified atom stereocenters. The van der Waals surface area contributed by atoms with Crippen LogP contribution in [0.15, 0.2) is 18.2 Å². The molecule has 0 saturated carbocycles. The molecule has 0 atom stereocenters. The first-order valence-electron chi connectivity index (χ1n) is 8.57. The van der Waals surface area contributed by atoms with Gasteiger partial charge in [-0.05, 0) is 37.0 Å². The number of carbonyl (C=O) groups is 1. The molecule has 0 spiro atoms. The number of hydrogen-bond acceptors (Lipinski definition) is 1. The Morgan fingerprint density at radius 2 is 1.67 bits per heavy atom. The molecule has 0 fully saturated rings. The summed E-state index contributed by atoms with van der Waals surface area (Å²) in [6.07, 6.45) is 5.25. The lowest BCUT2D eigenvalue weighted by molar-refractivity contribution is -0.115. The molecular formula is C19H35NO. The number of benzene rings is 1. The van der Waals surface area contributed by atoms with Gasteiger partial charge in [0.15, 0.2) is 0 Å². The Morgan fingerprint density at radius 1 is 1.05 bits per heavy atom. The van der Waals surface area contributed by atoms with E-state index in [-0.39, 0.29) is 5.91 Å². The maximum absolute atomic E-state index is 11.5. The van der Waals surface area contributed by atoms with Crippen molar-refractivity contribution in [2.75, 3.05) is 5.32 Å². The molecule has 0 aliphatic carbocycles. The lowest BCUT2D eigenvalue weighted by Gasteiger charge is -2.13. The molecule has 2 heteroatoms. The van der Waals surface area contributed by atoms with Crippen molar-refractivity contribution in [1.29, 1.82) is 0 Å². The third-order valence-corrected chi connectivity index (χ3v) is 3.04. The van der Waals surface area contributed by atoms with Gasteiger partial charge in [0.2, 0.25) is 5.91 Å². The van der Waals surface area contributed by atoms with Gasteiger partial charge in [-0.15, -0.1) is 0 Å². The Labute approximate surface area is 132 Å². The van der Waals surface area contributed by atoms with E-state index in [1.54, 1.807) is 0 Å². The van der Waals surface area contributed by atoms with E-state index in [4.69, 9.17) is 0 Å². The maximum atomic E-state index is 11.5. The van der Waals surface area contributed by atoms with Crippen LogP contribution < -0.4 is 5.32 Å². The number of anilines is 1. The fraction of sp³-hybridized carbons (Fsp3) is 0.632. The van der Waals surface area contributed by atoms with Gasteiger partial charge in [0.25, 0.3) is 0 Å². The minimum Gasteiger partial charge on any atom is -0.326 e. The number of nitrogens with one attached hydrogen (secondary N) is 1. The summed E-state index contributed by atoms with van der Waals surface area (Å²) in [5, 5.41) is 2.99. The van der Waals surface area contributed by atoms with Crippen molar-refractivity contribution in [1.82, 2.24) is 0 Å². The molecule has 122 valence electrons. The molecule has 1 rings (SSSR count). The molecule has 0 bridgehead atoms. The van der Waals surface area contributed by atoms with Crippen LogP contribution in [0.4, 0.5) is 5.69 Å². The smallest absolute Gasteiger partial charge is 0.224 e. The van der Waals surface area contributed by atoms with Gasteiger partial charge in [0, 0.05) is 12.1 Å². The third-order valence-electron chi connectivity index (χ3n) is 3.04. The first kappa shape index (κ1) is 22.0. The van der Waals surface area contributed by atoms with E-state index in [1.165, 1.54) is 30.4 Å². The van der Waals surface area contributed by atoms with E-state index < -0.39 is 0 Å². The zero-order chi connectivity index (χ0) is 16.7. The maximum Gasteiger partial charge on any atom is 0.224 e. The van der Waals surface area contributed by atoms with Crippen molar-refractivity contribution in [3.63, 3.8) is 0 Å². The summed E-state index contributed by atoms with van der Waals surface area (Å²) in [5.41, 5.74) is 3.56. The van der Waals surface area contributed by atoms with Crippen molar-refractivity contribution in [3.05, 3.63) is 29.3 Å². The molecule has 0 radical (unpaired) electrons. The Balaban J connectivity index is 0. The van der Waals surface area contributed by atoms with Crippen LogP contribution in [0.5, 0.6) is 0 Å². The Morgan fingerprint density at radius 3 is 2.19 bits per heavy atom. The zero-order valence-electron chi connectivity index (χ0n) is 15.2. The zero-order valence-corrected chi connectivity index (χ0v) is 15.2. The summed E-state index contributed by atoms with van der Waals surface area (Å²) in [7, 11) is 0. The first-order valence-corrected chi connectivity index (χ1v) is 8.57. The molecule has 0 aliphatic heterocycles. The quantitative estimate of drug-likeness (QED) is 0.628. The van der Waals surface area contributed by atoms with E-state index in [0.717, 1.165) is 12.1 Å². The van der Waals surface area contributed by atoms with Crippen LogP contribution >= 0.6 is 0 Å². The topological polar surface area (TPSA) is 29.1 Å². The highest BCUT2D eigenvalue weighted by atomic mass is 16.1. The van der Waals surface area contributed by atoms with Crippen molar-refractivity contribution in [2.45, 2.75) is 80.6 Å². The fourth-order valence-corrected chi connectivity index (χ4v) is 1.94. The minimum absolute atomic E-state index is 0.0901. The van der Waals surface area contributed by atoms with Crippen molar-refractivity contribution in [3.8, 4) is 0 Å². The van der Waals surface area contributed by atoms with Gasteiger partial charge >= 0.3 is 0 Å². The number of rotatable bonds is 6. The Hall–Kier alpha value is -1.31. The average Bonchev–Trinajstić information content (AvgIpc) is 2.54. The van der Waals surface area contributed by atoms with Gasteiger partial charge in [-0.2, -0.15) is 0 Å². The van der Waals surface area contributed by atoms with Crippen LogP contribution in [0.1, 0.15) is 78.4 Å². The highest BCUT2D eigenvalue weighted by Crippen LogP contribution is 2.22. The Bertz CT molecular complexity index is 372. The lowest BCUT2D eigenvalue weighted by Crippen LogP contribution is -2.11. The Kier molecular flexibility index (Phi) is 15.8. The number of hydrogen-bond donors (Lipinski definition) is 1. The molecule has 21 heavy (non-hydrogen) atoms. The number of carbonyl (C=O) groups excluding carboxylic acids is 1. The second-order valence-electron chi connectivity index (χ2n) is 4.46. The van der Waals surface area contributed by atoms with Gasteiger partial charge in [0.1, 0.15) is 0 Å². The number of unbranched alkanes of at least 4 members (excludes halogenated alkanes) is 2. The van der Waals surface area contributed by atoms with Gasteiger partial charge in [0.05, 0.1) is 0 Å². The highest BCUT2D eigenvalue weighted by Gasteiger charge is 2.07. The van der Waals surface area contributed by atoms with E-state index in [2.05, 4.69) is 25.2 Å². The molecule has 0 aromatic heterocycles. The van der Waals surface area contributed by atoms with Crippen LogP contribution in [-0.4, -0.2) is 5.91 Å². The SMILES string of the molecule is CC.CC.CCCCCc1c(C)cccc1NC(=O)CC. The molecule has 1 amide bonds. The van der Waals surface area contributed by atoms with Crippen molar-refractivity contribution >= 4 is 11.6 Å². The van der Waals surface area contributed by atoms with Crippen LogP contribution in [0.25, 0.3) is 0 Å². The summed E-state index contributed by atoms with van der Waals surface area (Å²) in [4.78, 5) is 11.5. The summed E-state index contributed by atoms with van der Waals surface area (Å²) in [6, 6.07) is 6.12. The normalized spacial score (nSPS) is 8.90. The summed E-state index contributed by atoms with van der Waals surface area (Å²) < 4.78 is 0. The average molecular weight is 293 g/mol. The first-order chi connectivity index (χ1) is 10.2. The lowest BCUT2D eigenvalue weighted by atomic mass is 10.00. The minimum atomic E-state index is 0.0901. The van der Waals surface area contributed by atoms with Crippen molar-refractivity contribution in [2.24, 2.45) is 0 Å². The highest BCUT2D eigenvalue weighted by molar-refractivity contribution is 5.91. The van der Waals surface area contributed by atoms with Gasteiger partial charge in [-0.25, -0.2) is 0 Å². The van der Waals surface area contributed by atoms with Crippen LogP contribution in [0.2, 0.25) is 0 Å². The van der Waals surface area contributed by atoms with Gasteiger partial charge < -0.3 is 5.32 Å². The monoisotopic (exact) mass is 293 g/mol. The molecule has 2 nitrogen and oxygen atoms in total. The summed E-state index contributed by atoms with van der Waals surface area (Å²) >= 11 is 0. The molecule has 0 saturated heterocycles. The molecular weight excluding hydrogens is 258 g/mol. The third kappa shape index (κ3) is 9.28.